The summed E-state index contributed by atoms with van der Waals surface area (Å²) in [6, 6.07) is 5.80. The number of nitrogen functional groups attached to an aromatic ring is 1. The van der Waals surface area contributed by atoms with Gasteiger partial charge in [-0.1, -0.05) is 19.4 Å². The molecule has 0 radical (unpaired) electrons. The number of aryl methyl sites for hydroxylation is 1. The van der Waals surface area contributed by atoms with Crippen molar-refractivity contribution >= 4 is 11.8 Å². The van der Waals surface area contributed by atoms with Gasteiger partial charge < -0.3 is 20.9 Å². The maximum atomic E-state index is 9.19. The van der Waals surface area contributed by atoms with E-state index in [2.05, 4.69) is 27.2 Å². The van der Waals surface area contributed by atoms with Crippen LogP contribution in [0.5, 0.6) is 5.75 Å². The van der Waals surface area contributed by atoms with Gasteiger partial charge in [-0.15, -0.1) is 0 Å². The van der Waals surface area contributed by atoms with E-state index in [1.165, 1.54) is 0 Å². The van der Waals surface area contributed by atoms with Crippen molar-refractivity contribution in [3.05, 3.63) is 35.8 Å². The minimum absolute atomic E-state index is 0.181. The lowest BCUT2D eigenvalue weighted by Gasteiger charge is -2.18. The topological polar surface area (TPSA) is 106 Å². The van der Waals surface area contributed by atoms with Crippen molar-refractivity contribution in [1.29, 1.82) is 0 Å². The summed E-state index contributed by atoms with van der Waals surface area (Å²) in [5.41, 5.74) is 7.49. The molecule has 0 saturated heterocycles. The van der Waals surface area contributed by atoms with Gasteiger partial charge in [0.2, 0.25) is 5.95 Å². The van der Waals surface area contributed by atoms with Crippen LogP contribution in [0, 0.1) is 12.8 Å². The molecule has 25 heavy (non-hydrogen) atoms. The SMILES string of the molecule is CCC[C@@H](CCO)CNc1nc(N)ncc1OCc1cccc(C)n1. The summed E-state index contributed by atoms with van der Waals surface area (Å²) in [6.07, 6.45) is 4.43. The van der Waals surface area contributed by atoms with Crippen LogP contribution in [0.15, 0.2) is 24.4 Å². The zero-order valence-corrected chi connectivity index (χ0v) is 14.9. The molecule has 0 fully saturated rings. The summed E-state index contributed by atoms with van der Waals surface area (Å²) in [7, 11) is 0. The Balaban J connectivity index is 2.03. The summed E-state index contributed by atoms with van der Waals surface area (Å²) >= 11 is 0. The summed E-state index contributed by atoms with van der Waals surface area (Å²) < 4.78 is 5.83. The van der Waals surface area contributed by atoms with E-state index in [0.29, 0.717) is 30.6 Å². The van der Waals surface area contributed by atoms with E-state index < -0.39 is 0 Å². The molecule has 2 heterocycles. The van der Waals surface area contributed by atoms with Gasteiger partial charge in [-0.3, -0.25) is 4.98 Å². The summed E-state index contributed by atoms with van der Waals surface area (Å²) in [5, 5.41) is 12.5. The van der Waals surface area contributed by atoms with E-state index in [1.54, 1.807) is 6.20 Å². The van der Waals surface area contributed by atoms with Gasteiger partial charge in [0.25, 0.3) is 0 Å². The number of aliphatic hydroxyl groups excluding tert-OH is 1. The minimum Gasteiger partial charge on any atom is -0.482 e. The maximum absolute atomic E-state index is 9.19. The number of pyridine rings is 1. The fourth-order valence-corrected chi connectivity index (χ4v) is 2.63. The quantitative estimate of drug-likeness (QED) is 0.607. The smallest absolute Gasteiger partial charge is 0.222 e. The van der Waals surface area contributed by atoms with Crippen molar-refractivity contribution in [3.63, 3.8) is 0 Å². The van der Waals surface area contributed by atoms with Crippen LogP contribution in [0.1, 0.15) is 37.6 Å². The Labute approximate surface area is 148 Å². The van der Waals surface area contributed by atoms with Crippen molar-refractivity contribution in [3.8, 4) is 5.75 Å². The third-order valence-corrected chi connectivity index (χ3v) is 3.89. The van der Waals surface area contributed by atoms with Crippen LogP contribution in [-0.2, 0) is 6.61 Å². The molecule has 0 aliphatic rings. The molecule has 2 aromatic rings. The average molecular weight is 345 g/mol. The van der Waals surface area contributed by atoms with Crippen LogP contribution in [0.4, 0.5) is 11.8 Å². The molecule has 136 valence electrons. The zero-order chi connectivity index (χ0) is 18.1. The molecule has 0 spiro atoms. The number of nitrogens with one attached hydrogen (secondary N) is 1. The lowest BCUT2D eigenvalue weighted by atomic mass is 10.0. The summed E-state index contributed by atoms with van der Waals surface area (Å²) in [4.78, 5) is 12.7. The number of aromatic nitrogens is 3. The molecule has 2 rings (SSSR count). The van der Waals surface area contributed by atoms with E-state index >= 15 is 0 Å². The molecule has 0 aliphatic heterocycles. The molecular formula is C18H27N5O2. The second kappa shape index (κ2) is 9.78. The molecule has 0 amide bonds. The number of rotatable bonds is 10. The van der Waals surface area contributed by atoms with Gasteiger partial charge in [-0.2, -0.15) is 4.98 Å². The number of aliphatic hydroxyl groups is 1. The van der Waals surface area contributed by atoms with E-state index in [4.69, 9.17) is 10.5 Å². The number of hydrogen-bond acceptors (Lipinski definition) is 7. The van der Waals surface area contributed by atoms with Gasteiger partial charge in [0.15, 0.2) is 11.6 Å². The van der Waals surface area contributed by atoms with Crippen LogP contribution >= 0.6 is 0 Å². The first-order chi connectivity index (χ1) is 12.1. The van der Waals surface area contributed by atoms with Crippen molar-refractivity contribution < 1.29 is 9.84 Å². The maximum Gasteiger partial charge on any atom is 0.222 e. The van der Waals surface area contributed by atoms with Crippen molar-refractivity contribution in [2.45, 2.75) is 39.7 Å². The Morgan fingerprint density at radius 1 is 1.28 bits per heavy atom. The molecule has 7 nitrogen and oxygen atoms in total. The Kier molecular flexibility index (Phi) is 7.40. The van der Waals surface area contributed by atoms with Crippen LogP contribution in [-0.4, -0.2) is 33.2 Å². The first-order valence-electron chi connectivity index (χ1n) is 8.65. The summed E-state index contributed by atoms with van der Waals surface area (Å²) in [5.74, 6) is 1.67. The van der Waals surface area contributed by atoms with Gasteiger partial charge in [0.1, 0.15) is 6.61 Å². The number of nitrogens with zero attached hydrogens (tertiary/aromatic N) is 3. The van der Waals surface area contributed by atoms with Crippen LogP contribution in [0.3, 0.4) is 0 Å². The van der Waals surface area contributed by atoms with E-state index in [0.717, 1.165) is 30.7 Å². The molecule has 0 saturated carbocycles. The first kappa shape index (κ1) is 18.9. The Bertz CT molecular complexity index is 660. The van der Waals surface area contributed by atoms with E-state index in [9.17, 15) is 5.11 Å². The average Bonchev–Trinajstić information content (AvgIpc) is 2.59. The van der Waals surface area contributed by atoms with Gasteiger partial charge in [0.05, 0.1) is 11.9 Å². The molecule has 4 N–H and O–H groups in total. The lowest BCUT2D eigenvalue weighted by Crippen LogP contribution is -2.17. The predicted molar refractivity (Wildman–Crippen MR) is 98.3 cm³/mol. The van der Waals surface area contributed by atoms with Crippen LogP contribution < -0.4 is 15.8 Å². The molecule has 0 aromatic carbocycles. The van der Waals surface area contributed by atoms with Crippen molar-refractivity contribution in [2.24, 2.45) is 5.92 Å². The second-order valence-electron chi connectivity index (χ2n) is 6.05. The normalized spacial score (nSPS) is 12.0. The van der Waals surface area contributed by atoms with Crippen LogP contribution in [0.25, 0.3) is 0 Å². The van der Waals surface area contributed by atoms with Gasteiger partial charge >= 0.3 is 0 Å². The Morgan fingerprint density at radius 2 is 2.12 bits per heavy atom. The molecular weight excluding hydrogens is 318 g/mol. The van der Waals surface area contributed by atoms with Crippen molar-refractivity contribution in [2.75, 3.05) is 24.2 Å². The second-order valence-corrected chi connectivity index (χ2v) is 6.05. The number of nitrogens with two attached hydrogens (primary N) is 1. The van der Waals surface area contributed by atoms with E-state index in [1.807, 2.05) is 25.1 Å². The third kappa shape index (κ3) is 6.19. The highest BCUT2D eigenvalue weighted by atomic mass is 16.5. The van der Waals surface area contributed by atoms with Gasteiger partial charge in [-0.05, 0) is 37.8 Å². The Hall–Kier alpha value is -2.41. The number of ether oxygens (including phenoxy) is 1. The highest BCUT2D eigenvalue weighted by molar-refractivity contribution is 5.51. The summed E-state index contributed by atoms with van der Waals surface area (Å²) in [6.45, 7) is 5.29. The molecule has 0 unspecified atom stereocenters. The van der Waals surface area contributed by atoms with E-state index in [-0.39, 0.29) is 12.6 Å². The zero-order valence-electron chi connectivity index (χ0n) is 14.9. The minimum atomic E-state index is 0.181. The number of anilines is 2. The van der Waals surface area contributed by atoms with Crippen molar-refractivity contribution in [1.82, 2.24) is 15.0 Å². The first-order valence-corrected chi connectivity index (χ1v) is 8.65. The molecule has 7 heteroatoms. The standard InChI is InChI=1S/C18H27N5O2/c1-3-5-14(8-9-24)10-20-17-16(11-21-18(19)23-17)25-12-15-7-4-6-13(2)22-15/h4,6-7,11,14,24H,3,5,8-10,12H2,1-2H3,(H3,19,20,21,23)/t14-/m0/s1. The Morgan fingerprint density at radius 3 is 2.84 bits per heavy atom. The van der Waals surface area contributed by atoms with Gasteiger partial charge in [0, 0.05) is 18.8 Å². The molecule has 0 aliphatic carbocycles. The highest BCUT2D eigenvalue weighted by Crippen LogP contribution is 2.23. The highest BCUT2D eigenvalue weighted by Gasteiger charge is 2.12. The predicted octanol–water partition coefficient (Wildman–Crippen LogP) is 2.55. The molecule has 1 atom stereocenters. The largest absolute Gasteiger partial charge is 0.482 e. The molecule has 2 aromatic heterocycles. The monoisotopic (exact) mass is 345 g/mol. The molecule has 0 bridgehead atoms. The fourth-order valence-electron chi connectivity index (χ4n) is 2.63. The lowest BCUT2D eigenvalue weighted by molar-refractivity contribution is 0.255. The third-order valence-electron chi connectivity index (χ3n) is 3.89. The van der Waals surface area contributed by atoms with Crippen LogP contribution in [0.2, 0.25) is 0 Å². The number of hydrogen-bond donors (Lipinski definition) is 3. The fraction of sp³-hybridized carbons (Fsp3) is 0.500. The van der Waals surface area contributed by atoms with Gasteiger partial charge in [-0.25, -0.2) is 4.98 Å².